The number of aromatic nitrogens is 3. The molecule has 0 bridgehead atoms. The van der Waals surface area contributed by atoms with Crippen LogP contribution in [0.15, 0.2) is 30.7 Å². The third-order valence-electron chi connectivity index (χ3n) is 5.78. The van der Waals surface area contributed by atoms with Gasteiger partial charge < -0.3 is 24.4 Å². The molecule has 1 N–H and O–H groups in total. The fourth-order valence-corrected chi connectivity index (χ4v) is 4.63. The SMILES string of the molecule is Cc1cnc(-c2cc(OC[C@H]3CN(C(=O)OC(C)(C)C)CCO3)cc(C(=O)NCc3cnc(C(F)(F)F)nc3)c2F)s1. The van der Waals surface area contributed by atoms with Gasteiger partial charge in [-0.15, -0.1) is 11.3 Å². The molecule has 0 spiro atoms. The van der Waals surface area contributed by atoms with Crippen molar-refractivity contribution in [3.63, 3.8) is 0 Å². The van der Waals surface area contributed by atoms with Gasteiger partial charge in [0.05, 0.1) is 24.3 Å². The lowest BCUT2D eigenvalue weighted by molar-refractivity contribution is -0.145. The summed E-state index contributed by atoms with van der Waals surface area (Å²) in [5, 5.41) is 2.80. The Bertz CT molecular complexity index is 1430. The number of amides is 2. The molecule has 2 amide bonds. The molecular weight excluding hydrogens is 582 g/mol. The quantitative estimate of drug-likeness (QED) is 0.371. The number of carbonyl (C=O) groups excluding carboxylic acids is 2. The third kappa shape index (κ3) is 8.12. The minimum absolute atomic E-state index is 0.00871. The number of morpholine rings is 1. The summed E-state index contributed by atoms with van der Waals surface area (Å²) in [6.07, 6.45) is -2.26. The van der Waals surface area contributed by atoms with Crippen molar-refractivity contribution >= 4 is 23.3 Å². The Morgan fingerprint density at radius 1 is 1.14 bits per heavy atom. The Kier molecular flexibility index (Phi) is 9.30. The van der Waals surface area contributed by atoms with Crippen LogP contribution in [-0.2, 0) is 22.2 Å². The molecule has 3 aromatic rings. The standard InChI is InChI=1S/C27H29F4N5O5S/c1-15-9-33-23(42-15)20-8-17(40-14-18-13-36(5-6-39-18)25(38)41-26(2,3)4)7-19(21(20)28)22(37)32-10-16-11-34-24(35-12-16)27(29,30)31/h7-9,11-12,18H,5-6,10,13-14H2,1-4H3,(H,32,37)/t18-/m1/s1. The van der Waals surface area contributed by atoms with Crippen LogP contribution in [0.3, 0.4) is 0 Å². The van der Waals surface area contributed by atoms with Crippen LogP contribution in [0.4, 0.5) is 22.4 Å². The summed E-state index contributed by atoms with van der Waals surface area (Å²) in [6.45, 7) is 7.68. The van der Waals surface area contributed by atoms with Gasteiger partial charge in [0, 0.05) is 42.1 Å². The average molecular weight is 612 g/mol. The maximum absolute atomic E-state index is 15.6. The van der Waals surface area contributed by atoms with Gasteiger partial charge in [-0.25, -0.2) is 24.1 Å². The van der Waals surface area contributed by atoms with E-state index >= 15 is 4.39 Å². The lowest BCUT2D eigenvalue weighted by Crippen LogP contribution is -2.49. The fourth-order valence-electron chi connectivity index (χ4n) is 3.85. The summed E-state index contributed by atoms with van der Waals surface area (Å²) >= 11 is 1.22. The van der Waals surface area contributed by atoms with Gasteiger partial charge >= 0.3 is 12.3 Å². The number of halogens is 4. The van der Waals surface area contributed by atoms with E-state index in [0.717, 1.165) is 17.3 Å². The first-order valence-corrected chi connectivity index (χ1v) is 13.7. The zero-order valence-corrected chi connectivity index (χ0v) is 24.1. The van der Waals surface area contributed by atoms with Crippen LogP contribution >= 0.6 is 11.3 Å². The van der Waals surface area contributed by atoms with Crippen LogP contribution in [0.2, 0.25) is 0 Å². The molecule has 1 atom stereocenters. The van der Waals surface area contributed by atoms with Crippen LogP contribution in [0.1, 0.15) is 47.4 Å². The summed E-state index contributed by atoms with van der Waals surface area (Å²) in [7, 11) is 0. The van der Waals surface area contributed by atoms with E-state index in [2.05, 4.69) is 20.3 Å². The summed E-state index contributed by atoms with van der Waals surface area (Å²) in [4.78, 5) is 38.6. The molecule has 1 aliphatic heterocycles. The van der Waals surface area contributed by atoms with Gasteiger partial charge in [0.15, 0.2) is 0 Å². The molecule has 0 aliphatic carbocycles. The highest BCUT2D eigenvalue weighted by Crippen LogP contribution is 2.33. The highest BCUT2D eigenvalue weighted by atomic mass is 32.1. The normalized spacial score (nSPS) is 15.8. The van der Waals surface area contributed by atoms with E-state index in [1.165, 1.54) is 28.4 Å². The smallest absolute Gasteiger partial charge is 0.451 e. The Labute approximate surface area is 243 Å². The second kappa shape index (κ2) is 12.6. The Hall–Kier alpha value is -3.85. The number of carbonyl (C=O) groups is 2. The molecule has 15 heteroatoms. The zero-order valence-electron chi connectivity index (χ0n) is 23.2. The molecular formula is C27H29F4N5O5S. The summed E-state index contributed by atoms with van der Waals surface area (Å²) in [5.74, 6) is -2.84. The molecule has 0 radical (unpaired) electrons. The Balaban J connectivity index is 1.50. The predicted octanol–water partition coefficient (Wildman–Crippen LogP) is 5.01. The number of nitrogens with zero attached hydrogens (tertiary/aromatic N) is 4. The van der Waals surface area contributed by atoms with Crippen molar-refractivity contribution < 1.29 is 41.4 Å². The lowest BCUT2D eigenvalue weighted by Gasteiger charge is -2.34. The molecule has 1 aromatic carbocycles. The number of aryl methyl sites for hydroxylation is 1. The highest BCUT2D eigenvalue weighted by Gasteiger charge is 2.34. The van der Waals surface area contributed by atoms with Crippen molar-refractivity contribution in [1.29, 1.82) is 0 Å². The molecule has 0 saturated carbocycles. The van der Waals surface area contributed by atoms with Crippen LogP contribution in [0, 0.1) is 12.7 Å². The molecule has 1 aliphatic rings. The maximum Gasteiger partial charge on any atom is 0.451 e. The second-order valence-corrected chi connectivity index (χ2v) is 11.7. The van der Waals surface area contributed by atoms with Gasteiger partial charge in [0.25, 0.3) is 5.91 Å². The highest BCUT2D eigenvalue weighted by molar-refractivity contribution is 7.14. The second-order valence-electron chi connectivity index (χ2n) is 10.4. The number of hydrogen-bond acceptors (Lipinski definition) is 9. The average Bonchev–Trinajstić information content (AvgIpc) is 3.36. The van der Waals surface area contributed by atoms with Crippen molar-refractivity contribution in [2.45, 2.75) is 52.1 Å². The summed E-state index contributed by atoms with van der Waals surface area (Å²) < 4.78 is 70.8. The first kappa shape index (κ1) is 31.1. The molecule has 42 heavy (non-hydrogen) atoms. The zero-order chi connectivity index (χ0) is 30.7. The number of hydrogen-bond donors (Lipinski definition) is 1. The monoisotopic (exact) mass is 611 g/mol. The number of benzene rings is 1. The number of thiazole rings is 1. The van der Waals surface area contributed by atoms with Crippen LogP contribution < -0.4 is 10.1 Å². The predicted molar refractivity (Wildman–Crippen MR) is 143 cm³/mol. The van der Waals surface area contributed by atoms with Crippen molar-refractivity contribution in [3.8, 4) is 16.3 Å². The van der Waals surface area contributed by atoms with Crippen LogP contribution in [0.25, 0.3) is 10.6 Å². The molecule has 1 saturated heterocycles. The van der Waals surface area contributed by atoms with Crippen molar-refractivity contribution in [2.75, 3.05) is 26.3 Å². The number of rotatable bonds is 7. The van der Waals surface area contributed by atoms with E-state index in [0.29, 0.717) is 11.6 Å². The number of alkyl halides is 3. The summed E-state index contributed by atoms with van der Waals surface area (Å²) in [6, 6.07) is 2.63. The van der Waals surface area contributed by atoms with Gasteiger partial charge in [-0.05, 0) is 39.8 Å². The van der Waals surface area contributed by atoms with Crippen molar-refractivity contribution in [3.05, 3.63) is 58.4 Å². The molecule has 0 unspecified atom stereocenters. The lowest BCUT2D eigenvalue weighted by atomic mass is 10.1. The molecule has 3 heterocycles. The first-order chi connectivity index (χ1) is 19.7. The van der Waals surface area contributed by atoms with E-state index in [1.807, 2.05) is 0 Å². The van der Waals surface area contributed by atoms with E-state index in [9.17, 15) is 22.8 Å². The first-order valence-electron chi connectivity index (χ1n) is 12.8. The third-order valence-corrected chi connectivity index (χ3v) is 6.73. The van der Waals surface area contributed by atoms with Crippen molar-refractivity contribution in [1.82, 2.24) is 25.2 Å². The minimum atomic E-state index is -4.70. The topological polar surface area (TPSA) is 116 Å². The molecule has 10 nitrogen and oxygen atoms in total. The number of ether oxygens (including phenoxy) is 3. The van der Waals surface area contributed by atoms with Gasteiger partial charge in [-0.2, -0.15) is 13.2 Å². The molecule has 2 aromatic heterocycles. The van der Waals surface area contributed by atoms with E-state index in [1.54, 1.807) is 33.9 Å². The van der Waals surface area contributed by atoms with Gasteiger partial charge in [-0.3, -0.25) is 4.79 Å². The van der Waals surface area contributed by atoms with Gasteiger partial charge in [0.2, 0.25) is 5.82 Å². The number of nitrogens with one attached hydrogen (secondary N) is 1. The summed E-state index contributed by atoms with van der Waals surface area (Å²) in [5.41, 5.74) is -0.794. The fraction of sp³-hybridized carbons (Fsp3) is 0.444. The minimum Gasteiger partial charge on any atom is -0.491 e. The van der Waals surface area contributed by atoms with E-state index < -0.39 is 41.5 Å². The van der Waals surface area contributed by atoms with Gasteiger partial charge in [-0.1, -0.05) is 0 Å². The van der Waals surface area contributed by atoms with E-state index in [4.69, 9.17) is 14.2 Å². The van der Waals surface area contributed by atoms with Crippen LogP contribution in [0.5, 0.6) is 5.75 Å². The largest absolute Gasteiger partial charge is 0.491 e. The van der Waals surface area contributed by atoms with Crippen LogP contribution in [-0.4, -0.2) is 69.9 Å². The molecule has 1 fully saturated rings. The van der Waals surface area contributed by atoms with E-state index in [-0.39, 0.29) is 48.7 Å². The van der Waals surface area contributed by atoms with Crippen molar-refractivity contribution in [2.24, 2.45) is 0 Å². The molecule has 226 valence electrons. The maximum atomic E-state index is 15.6. The van der Waals surface area contributed by atoms with Gasteiger partial charge in [0.1, 0.15) is 34.9 Å². The Morgan fingerprint density at radius 3 is 2.48 bits per heavy atom. The Morgan fingerprint density at radius 2 is 1.86 bits per heavy atom. The molecule has 4 rings (SSSR count).